The van der Waals surface area contributed by atoms with Gasteiger partial charge in [0, 0.05) is 8.41 Å². The molecule has 0 bridgehead atoms. The van der Waals surface area contributed by atoms with Crippen LogP contribution in [0.1, 0.15) is 0 Å². The van der Waals surface area contributed by atoms with Crippen LogP contribution in [0.15, 0.2) is 0 Å². The monoisotopic (exact) mass is 309 g/mol. The maximum atomic E-state index is 9.93. The fourth-order valence-electron chi connectivity index (χ4n) is 0. The third kappa shape index (κ3) is 1620. The molecule has 0 saturated heterocycles. The number of hydrogen-bond acceptors (Lipinski definition) is 0. The van der Waals surface area contributed by atoms with Crippen molar-refractivity contribution in [2.45, 2.75) is 0 Å². The summed E-state index contributed by atoms with van der Waals surface area (Å²) in [5.41, 5.74) is 0. The molecule has 0 aromatic rings. The van der Waals surface area contributed by atoms with Crippen LogP contribution in [0.4, 0.5) is 18.9 Å². The van der Waals surface area contributed by atoms with E-state index in [-0.39, 0.29) is 8.41 Å². The van der Waals surface area contributed by atoms with Gasteiger partial charge in [0.25, 0.3) is 0 Å². The Morgan fingerprint density at radius 2 is 0.625 bits per heavy atom. The molecule has 0 aliphatic rings. The van der Waals surface area contributed by atoms with Gasteiger partial charge in [-0.1, -0.05) is 0 Å². The van der Waals surface area contributed by atoms with Gasteiger partial charge in [-0.2, -0.15) is 0 Å². The van der Waals surface area contributed by atoms with Crippen molar-refractivity contribution in [1.29, 1.82) is 0 Å². The standard InChI is InChI=1S/B.6FH.W/h;6*1H;/q;;;;;;;+6/p-6. The van der Waals surface area contributed by atoms with Crippen LogP contribution in [0.2, 0.25) is 0 Å². The first-order valence-corrected chi connectivity index (χ1v) is 7.58. The molecule has 0 aliphatic carbocycles. The van der Waals surface area contributed by atoms with Crippen molar-refractivity contribution >= 4 is 8.41 Å². The molecule has 3 radical (unpaired) electrons. The zero-order chi connectivity index (χ0) is 6.41. The van der Waals surface area contributed by atoms with Gasteiger partial charge in [-0.15, -0.1) is 0 Å². The fraction of sp³-hybridized carbons (Fsp3) is 0. The predicted octanol–water partition coefficient (Wildman–Crippen LogP) is 2.14. The van der Waals surface area contributed by atoms with Crippen LogP contribution in [-0.2, 0) is 16.7 Å². The summed E-state index contributed by atoms with van der Waals surface area (Å²) >= 11 is -11.3. The normalized spacial score (nSPS) is 20.2. The van der Waals surface area contributed by atoms with Crippen LogP contribution in [0.3, 0.4) is 0 Å². The Labute approximate surface area is 44.8 Å². The summed E-state index contributed by atoms with van der Waals surface area (Å²) in [6.45, 7) is 0. The van der Waals surface area contributed by atoms with Gasteiger partial charge in [0.1, 0.15) is 0 Å². The van der Waals surface area contributed by atoms with Crippen LogP contribution in [-0.4, -0.2) is 8.41 Å². The van der Waals surface area contributed by atoms with E-state index in [2.05, 4.69) is 0 Å². The van der Waals surface area contributed by atoms with Crippen LogP contribution in [0, 0.1) is 0 Å². The molecule has 0 aliphatic heterocycles. The van der Waals surface area contributed by atoms with Crippen LogP contribution >= 0.6 is 0 Å². The summed E-state index contributed by atoms with van der Waals surface area (Å²) in [5.74, 6) is 0. The Morgan fingerprint density at radius 3 is 0.625 bits per heavy atom. The van der Waals surface area contributed by atoms with E-state index in [1.807, 2.05) is 0 Å². The van der Waals surface area contributed by atoms with E-state index in [1.54, 1.807) is 0 Å². The van der Waals surface area contributed by atoms with Gasteiger partial charge >= 0.3 is 35.7 Å². The van der Waals surface area contributed by atoms with Crippen molar-refractivity contribution in [1.82, 2.24) is 0 Å². The zero-order valence-electron chi connectivity index (χ0n) is 3.25. The molecule has 0 fully saturated rings. The molecule has 0 amide bonds. The van der Waals surface area contributed by atoms with E-state index in [0.717, 1.165) is 0 Å². The Kier molecular flexibility index (Phi) is 1.75. The maximum absolute atomic E-state index is 11.3. The van der Waals surface area contributed by atoms with Crippen molar-refractivity contribution in [3.63, 3.8) is 0 Å². The number of halogens is 6. The van der Waals surface area contributed by atoms with Gasteiger partial charge < -0.3 is 0 Å². The zero-order valence-corrected chi connectivity index (χ0v) is 6.19. The van der Waals surface area contributed by atoms with Crippen LogP contribution < -0.4 is 0 Å². The molecule has 8 heteroatoms. The summed E-state index contributed by atoms with van der Waals surface area (Å²) in [6.07, 6.45) is 0. The minimum atomic E-state index is -11.3. The molecule has 0 rings (SSSR count). The molecular formula is BF6W. The average molecular weight is 309 g/mol. The topological polar surface area (TPSA) is 0 Å². The minimum absolute atomic E-state index is 0. The van der Waals surface area contributed by atoms with E-state index < -0.39 is 16.7 Å². The second kappa shape index (κ2) is 1.25. The first-order chi connectivity index (χ1) is 2.45. The molecule has 0 aromatic heterocycles. The molecule has 8 heavy (non-hydrogen) atoms. The summed E-state index contributed by atoms with van der Waals surface area (Å²) < 4.78 is 59.6. The quantitative estimate of drug-likeness (QED) is 0.475. The third-order valence-electron chi connectivity index (χ3n) is 0. The molecule has 0 saturated carbocycles. The summed E-state index contributed by atoms with van der Waals surface area (Å²) in [5, 5.41) is 0. The predicted molar refractivity (Wildman–Crippen MR) is 12.4 cm³/mol. The first kappa shape index (κ1) is 11.2. The molecule has 51 valence electrons. The van der Waals surface area contributed by atoms with Gasteiger partial charge in [0.2, 0.25) is 0 Å². The van der Waals surface area contributed by atoms with Crippen molar-refractivity contribution in [2.24, 2.45) is 0 Å². The van der Waals surface area contributed by atoms with Gasteiger partial charge in [0.05, 0.1) is 0 Å². The Hall–Kier alpha value is 0.333. The molecule has 0 unspecified atom stereocenters. The molecule has 0 spiro atoms. The number of hydrogen-bond donors (Lipinski definition) is 0. The molecule has 0 nitrogen and oxygen atoms in total. The average Bonchev–Trinajstić information content (AvgIpc) is 0.592. The van der Waals surface area contributed by atoms with Crippen LogP contribution in [0.25, 0.3) is 0 Å². The van der Waals surface area contributed by atoms with E-state index in [1.165, 1.54) is 0 Å². The van der Waals surface area contributed by atoms with Crippen LogP contribution in [0.5, 0.6) is 0 Å². The fourth-order valence-corrected chi connectivity index (χ4v) is 0. The SMILES string of the molecule is [B].[F][W]([F])([F])([F])([F])[F]. The van der Waals surface area contributed by atoms with E-state index >= 15 is 0 Å². The second-order valence-electron chi connectivity index (χ2n) is 0.875. The second-order valence-corrected chi connectivity index (χ2v) is 7.16. The van der Waals surface area contributed by atoms with E-state index in [4.69, 9.17) is 0 Å². The van der Waals surface area contributed by atoms with Crippen molar-refractivity contribution in [3.05, 3.63) is 0 Å². The Morgan fingerprint density at radius 1 is 0.625 bits per heavy atom. The van der Waals surface area contributed by atoms with Gasteiger partial charge in [0.15, 0.2) is 0 Å². The molecule has 0 heterocycles. The molecule has 0 aromatic carbocycles. The van der Waals surface area contributed by atoms with Gasteiger partial charge in [-0.25, -0.2) is 0 Å². The summed E-state index contributed by atoms with van der Waals surface area (Å²) in [6, 6.07) is 0. The Balaban J connectivity index is 0. The first-order valence-electron chi connectivity index (χ1n) is 0.926. The van der Waals surface area contributed by atoms with E-state index in [0.29, 0.717) is 0 Å². The molecule has 0 atom stereocenters. The van der Waals surface area contributed by atoms with Crippen molar-refractivity contribution in [2.75, 3.05) is 0 Å². The summed E-state index contributed by atoms with van der Waals surface area (Å²) in [4.78, 5) is 0. The summed E-state index contributed by atoms with van der Waals surface area (Å²) in [7, 11) is 0. The van der Waals surface area contributed by atoms with E-state index in [9.17, 15) is 18.9 Å². The van der Waals surface area contributed by atoms with Gasteiger partial charge in [-0.3, -0.25) is 0 Å². The molecule has 0 N–H and O–H groups in total. The third-order valence-corrected chi connectivity index (χ3v) is 0. The van der Waals surface area contributed by atoms with Gasteiger partial charge in [-0.05, 0) is 0 Å². The van der Waals surface area contributed by atoms with Crippen molar-refractivity contribution < 1.29 is 35.7 Å². The number of rotatable bonds is 0. The molecular weight excluding hydrogens is 309 g/mol. The van der Waals surface area contributed by atoms with Crippen molar-refractivity contribution in [3.8, 4) is 0 Å². The Bertz CT molecular complexity index is 67.1.